The second kappa shape index (κ2) is 4.03. The fourth-order valence-electron chi connectivity index (χ4n) is 1.41. The molecule has 1 fully saturated rings. The fraction of sp³-hybridized carbons (Fsp3) is 0.778. The van der Waals surface area contributed by atoms with E-state index in [2.05, 4.69) is 6.58 Å². The van der Waals surface area contributed by atoms with Gasteiger partial charge in [-0.1, -0.05) is 13.0 Å². The van der Waals surface area contributed by atoms with Crippen LogP contribution in [0.5, 0.6) is 0 Å². The highest BCUT2D eigenvalue weighted by Gasteiger charge is 2.34. The molecule has 1 aliphatic heterocycles. The molecule has 4 atom stereocenters. The standard InChI is InChI=1S/C9H16O3/c1-3-4-8-9(11)6(2)7(10)5-12-8/h3,6-11H,1,4-5H2,2H3. The molecule has 0 aromatic heterocycles. The Kier molecular flexibility index (Phi) is 3.26. The van der Waals surface area contributed by atoms with Gasteiger partial charge >= 0.3 is 0 Å². The molecular formula is C9H16O3. The minimum atomic E-state index is -0.577. The highest BCUT2D eigenvalue weighted by atomic mass is 16.5. The average Bonchev–Trinajstić information content (AvgIpc) is 2.07. The molecule has 0 amide bonds. The van der Waals surface area contributed by atoms with Crippen LogP contribution in [-0.2, 0) is 4.74 Å². The SMILES string of the molecule is C=CCC1OCC(O)C(C)C1O. The predicted octanol–water partition coefficient (Wildman–Crippen LogP) is 0.319. The third kappa shape index (κ3) is 1.86. The van der Waals surface area contributed by atoms with E-state index in [-0.39, 0.29) is 12.0 Å². The molecule has 70 valence electrons. The Bertz CT molecular complexity index is 158. The Morgan fingerprint density at radius 1 is 1.58 bits per heavy atom. The number of rotatable bonds is 2. The molecule has 1 rings (SSSR count). The van der Waals surface area contributed by atoms with E-state index in [1.807, 2.05) is 6.92 Å². The van der Waals surface area contributed by atoms with Gasteiger partial charge in [-0.3, -0.25) is 0 Å². The van der Waals surface area contributed by atoms with Crippen LogP contribution in [-0.4, -0.2) is 35.1 Å². The minimum absolute atomic E-state index is 0.108. The molecule has 3 heteroatoms. The molecule has 0 bridgehead atoms. The van der Waals surface area contributed by atoms with Crippen LogP contribution in [0.1, 0.15) is 13.3 Å². The van der Waals surface area contributed by atoms with E-state index in [9.17, 15) is 10.2 Å². The second-order valence-electron chi connectivity index (χ2n) is 3.31. The van der Waals surface area contributed by atoms with Gasteiger partial charge in [0, 0.05) is 5.92 Å². The zero-order valence-corrected chi connectivity index (χ0v) is 7.31. The summed E-state index contributed by atoms with van der Waals surface area (Å²) in [6.45, 7) is 5.72. The Labute approximate surface area is 72.7 Å². The van der Waals surface area contributed by atoms with Crippen molar-refractivity contribution in [3.05, 3.63) is 12.7 Å². The van der Waals surface area contributed by atoms with Crippen molar-refractivity contribution in [2.45, 2.75) is 31.7 Å². The van der Waals surface area contributed by atoms with Crippen molar-refractivity contribution in [3.8, 4) is 0 Å². The highest BCUT2D eigenvalue weighted by molar-refractivity contribution is 4.87. The topological polar surface area (TPSA) is 49.7 Å². The maximum atomic E-state index is 9.61. The zero-order valence-electron chi connectivity index (χ0n) is 7.31. The summed E-state index contributed by atoms with van der Waals surface area (Å²) in [6, 6.07) is 0. The molecule has 1 heterocycles. The first kappa shape index (κ1) is 9.71. The molecule has 4 unspecified atom stereocenters. The van der Waals surface area contributed by atoms with Crippen molar-refractivity contribution in [1.29, 1.82) is 0 Å². The summed E-state index contributed by atoms with van der Waals surface area (Å²) in [4.78, 5) is 0. The maximum absolute atomic E-state index is 9.61. The number of hydrogen-bond donors (Lipinski definition) is 2. The van der Waals surface area contributed by atoms with Crippen LogP contribution in [0, 0.1) is 5.92 Å². The minimum Gasteiger partial charge on any atom is -0.390 e. The van der Waals surface area contributed by atoms with Crippen molar-refractivity contribution >= 4 is 0 Å². The fourth-order valence-corrected chi connectivity index (χ4v) is 1.41. The van der Waals surface area contributed by atoms with E-state index in [1.54, 1.807) is 6.08 Å². The molecule has 12 heavy (non-hydrogen) atoms. The predicted molar refractivity (Wildman–Crippen MR) is 45.7 cm³/mol. The lowest BCUT2D eigenvalue weighted by atomic mass is 9.90. The van der Waals surface area contributed by atoms with Gasteiger partial charge in [0.2, 0.25) is 0 Å². The molecule has 0 aromatic carbocycles. The molecule has 0 aromatic rings. The first-order chi connectivity index (χ1) is 5.66. The van der Waals surface area contributed by atoms with E-state index < -0.39 is 12.2 Å². The molecular weight excluding hydrogens is 156 g/mol. The lowest BCUT2D eigenvalue weighted by Crippen LogP contribution is -2.47. The van der Waals surface area contributed by atoms with Crippen LogP contribution in [0.3, 0.4) is 0 Å². The van der Waals surface area contributed by atoms with Crippen LogP contribution >= 0.6 is 0 Å². The lowest BCUT2D eigenvalue weighted by molar-refractivity contribution is -0.152. The van der Waals surface area contributed by atoms with E-state index in [0.717, 1.165) is 0 Å². The van der Waals surface area contributed by atoms with E-state index >= 15 is 0 Å². The summed E-state index contributed by atoms with van der Waals surface area (Å²) in [5, 5.41) is 18.9. The zero-order chi connectivity index (χ0) is 9.14. The van der Waals surface area contributed by atoms with Crippen LogP contribution in [0.15, 0.2) is 12.7 Å². The largest absolute Gasteiger partial charge is 0.390 e. The average molecular weight is 172 g/mol. The van der Waals surface area contributed by atoms with Crippen LogP contribution in [0.2, 0.25) is 0 Å². The Morgan fingerprint density at radius 2 is 2.25 bits per heavy atom. The van der Waals surface area contributed by atoms with E-state index in [4.69, 9.17) is 4.74 Å². The smallest absolute Gasteiger partial charge is 0.0873 e. The van der Waals surface area contributed by atoms with Crippen molar-refractivity contribution < 1.29 is 14.9 Å². The van der Waals surface area contributed by atoms with Gasteiger partial charge in [-0.15, -0.1) is 6.58 Å². The van der Waals surface area contributed by atoms with E-state index in [0.29, 0.717) is 13.0 Å². The summed E-state index contributed by atoms with van der Waals surface area (Å²) in [7, 11) is 0. The Balaban J connectivity index is 2.52. The summed E-state index contributed by atoms with van der Waals surface area (Å²) >= 11 is 0. The van der Waals surface area contributed by atoms with Gasteiger partial charge in [0.15, 0.2) is 0 Å². The number of ether oxygens (including phenoxy) is 1. The number of aliphatic hydroxyl groups is 2. The summed E-state index contributed by atoms with van der Waals surface area (Å²) < 4.78 is 5.24. The molecule has 0 radical (unpaired) electrons. The van der Waals surface area contributed by atoms with Crippen LogP contribution < -0.4 is 0 Å². The van der Waals surface area contributed by atoms with Crippen molar-refractivity contribution in [2.24, 2.45) is 5.92 Å². The van der Waals surface area contributed by atoms with Crippen LogP contribution in [0.25, 0.3) is 0 Å². The normalized spacial score (nSPS) is 42.6. The number of hydrogen-bond acceptors (Lipinski definition) is 3. The van der Waals surface area contributed by atoms with E-state index in [1.165, 1.54) is 0 Å². The van der Waals surface area contributed by atoms with Gasteiger partial charge in [-0.25, -0.2) is 0 Å². The maximum Gasteiger partial charge on any atom is 0.0873 e. The van der Waals surface area contributed by atoms with Gasteiger partial charge < -0.3 is 14.9 Å². The molecule has 3 nitrogen and oxygen atoms in total. The van der Waals surface area contributed by atoms with Gasteiger partial charge in [-0.2, -0.15) is 0 Å². The molecule has 0 saturated carbocycles. The van der Waals surface area contributed by atoms with Gasteiger partial charge in [0.1, 0.15) is 0 Å². The molecule has 0 spiro atoms. The van der Waals surface area contributed by atoms with Crippen LogP contribution in [0.4, 0.5) is 0 Å². The molecule has 0 aliphatic carbocycles. The highest BCUT2D eigenvalue weighted by Crippen LogP contribution is 2.22. The summed E-state index contributed by atoms with van der Waals surface area (Å²) in [6.07, 6.45) is 1.05. The van der Waals surface area contributed by atoms with Crippen molar-refractivity contribution in [3.63, 3.8) is 0 Å². The summed E-state index contributed by atoms with van der Waals surface area (Å²) in [5.74, 6) is -0.108. The first-order valence-corrected chi connectivity index (χ1v) is 4.25. The number of aliphatic hydroxyl groups excluding tert-OH is 2. The second-order valence-corrected chi connectivity index (χ2v) is 3.31. The van der Waals surface area contributed by atoms with Crippen molar-refractivity contribution in [2.75, 3.05) is 6.61 Å². The third-order valence-electron chi connectivity index (χ3n) is 2.41. The quantitative estimate of drug-likeness (QED) is 0.590. The third-order valence-corrected chi connectivity index (χ3v) is 2.41. The van der Waals surface area contributed by atoms with Gasteiger partial charge in [0.25, 0.3) is 0 Å². The Morgan fingerprint density at radius 3 is 2.83 bits per heavy atom. The van der Waals surface area contributed by atoms with Gasteiger partial charge in [0.05, 0.1) is 24.9 Å². The monoisotopic (exact) mass is 172 g/mol. The summed E-state index contributed by atoms with van der Waals surface area (Å²) in [5.41, 5.74) is 0. The van der Waals surface area contributed by atoms with Gasteiger partial charge in [-0.05, 0) is 6.42 Å². The Hall–Kier alpha value is -0.380. The molecule has 1 aliphatic rings. The molecule has 2 N–H and O–H groups in total. The molecule has 1 saturated heterocycles. The lowest BCUT2D eigenvalue weighted by Gasteiger charge is -2.35. The van der Waals surface area contributed by atoms with Crippen molar-refractivity contribution in [1.82, 2.24) is 0 Å². The first-order valence-electron chi connectivity index (χ1n) is 4.25.